The number of pyridine rings is 1. The molecule has 0 amide bonds. The Labute approximate surface area is 246 Å². The minimum absolute atomic E-state index is 0.0631. The highest BCUT2D eigenvalue weighted by Gasteiger charge is 2.37. The molecule has 6 aromatic carbocycles. The Bertz CT molecular complexity index is 2120. The molecule has 1 aliphatic carbocycles. The predicted octanol–water partition coefficient (Wildman–Crippen LogP) is 10.8. The molecule has 0 aliphatic heterocycles. The minimum Gasteiger partial charge on any atom is -0.310 e. The normalized spacial score (nSPS) is 13.2. The molecule has 0 radical (unpaired) electrons. The summed E-state index contributed by atoms with van der Waals surface area (Å²) in [6, 6.07) is 50.4. The van der Waals surface area contributed by atoms with E-state index in [-0.39, 0.29) is 5.41 Å². The fourth-order valence-corrected chi connectivity index (χ4v) is 6.71. The number of benzene rings is 6. The molecule has 0 saturated heterocycles. The van der Waals surface area contributed by atoms with E-state index in [1.807, 2.05) is 6.20 Å². The summed E-state index contributed by atoms with van der Waals surface area (Å²) in [5, 5.41) is 3.60. The maximum absolute atomic E-state index is 4.87. The predicted molar refractivity (Wildman–Crippen MR) is 177 cm³/mol. The lowest BCUT2D eigenvalue weighted by Gasteiger charge is -2.29. The lowest BCUT2D eigenvalue weighted by molar-refractivity contribution is 0.660. The van der Waals surface area contributed by atoms with Gasteiger partial charge in [-0.2, -0.15) is 0 Å². The fraction of sp³-hybridized carbons (Fsp3) is 0.0750. The molecule has 0 N–H and O–H groups in total. The molecule has 1 aliphatic rings. The smallest absolute Gasteiger partial charge is 0.0703 e. The fourth-order valence-electron chi connectivity index (χ4n) is 6.71. The minimum atomic E-state index is -0.0631. The van der Waals surface area contributed by atoms with Crippen LogP contribution in [0, 0.1) is 0 Å². The van der Waals surface area contributed by atoms with Gasteiger partial charge in [-0.15, -0.1) is 0 Å². The summed E-state index contributed by atoms with van der Waals surface area (Å²) in [7, 11) is 0. The molecule has 0 bridgehead atoms. The molecule has 0 fully saturated rings. The van der Waals surface area contributed by atoms with E-state index in [2.05, 4.69) is 158 Å². The number of hydrogen-bond donors (Lipinski definition) is 0. The van der Waals surface area contributed by atoms with Crippen LogP contribution in [-0.4, -0.2) is 4.98 Å². The van der Waals surface area contributed by atoms with Crippen molar-refractivity contribution < 1.29 is 0 Å². The van der Waals surface area contributed by atoms with Gasteiger partial charge in [0.1, 0.15) is 0 Å². The second-order valence-corrected chi connectivity index (χ2v) is 11.7. The highest BCUT2D eigenvalue weighted by molar-refractivity contribution is 5.97. The van der Waals surface area contributed by atoms with Crippen LogP contribution < -0.4 is 4.90 Å². The standard InChI is InChI=1S/C40H30N2/c1-40(2)35-16-9-8-15-34(35)39-36(40)17-10-18-38(39)42(32-13-4-3-5-14-32)33-21-22-37-30(25-33)24-31(26-41-37)29-20-19-27-11-6-7-12-28(27)23-29/h3-26H,1-2H3. The molecular weight excluding hydrogens is 508 g/mol. The molecule has 2 heteroatoms. The van der Waals surface area contributed by atoms with Crippen LogP contribution in [0.15, 0.2) is 146 Å². The first-order valence-corrected chi connectivity index (χ1v) is 14.6. The van der Waals surface area contributed by atoms with Gasteiger partial charge in [0.05, 0.1) is 11.2 Å². The van der Waals surface area contributed by atoms with Crippen molar-refractivity contribution in [1.29, 1.82) is 0 Å². The Morgan fingerprint density at radius 2 is 1.26 bits per heavy atom. The SMILES string of the molecule is CC1(C)c2ccccc2-c2c(N(c3ccccc3)c3ccc4ncc(-c5ccc6ccccc6c5)cc4c3)cccc21. The van der Waals surface area contributed by atoms with Crippen molar-refractivity contribution in [3.63, 3.8) is 0 Å². The first-order valence-electron chi connectivity index (χ1n) is 14.6. The molecular formula is C40H30N2. The highest BCUT2D eigenvalue weighted by Crippen LogP contribution is 2.54. The molecule has 0 unspecified atom stereocenters. The van der Waals surface area contributed by atoms with Crippen molar-refractivity contribution in [1.82, 2.24) is 4.98 Å². The van der Waals surface area contributed by atoms with E-state index in [0.29, 0.717) is 0 Å². The van der Waals surface area contributed by atoms with Crippen LogP contribution in [0.4, 0.5) is 17.1 Å². The number of rotatable bonds is 4. The summed E-state index contributed by atoms with van der Waals surface area (Å²) in [5.41, 5.74) is 12.0. The van der Waals surface area contributed by atoms with Gasteiger partial charge in [0.2, 0.25) is 0 Å². The zero-order chi connectivity index (χ0) is 28.3. The summed E-state index contributed by atoms with van der Waals surface area (Å²) in [4.78, 5) is 7.27. The van der Waals surface area contributed by atoms with Crippen molar-refractivity contribution in [2.24, 2.45) is 0 Å². The highest BCUT2D eigenvalue weighted by atomic mass is 15.1. The largest absolute Gasteiger partial charge is 0.310 e. The van der Waals surface area contributed by atoms with Crippen molar-refractivity contribution >= 4 is 38.7 Å². The zero-order valence-electron chi connectivity index (χ0n) is 23.8. The van der Waals surface area contributed by atoms with E-state index in [1.165, 1.54) is 44.3 Å². The molecule has 0 atom stereocenters. The number of nitrogens with zero attached hydrogens (tertiary/aromatic N) is 2. The van der Waals surface area contributed by atoms with Crippen molar-refractivity contribution in [2.45, 2.75) is 19.3 Å². The third-order valence-electron chi connectivity index (χ3n) is 8.85. The van der Waals surface area contributed by atoms with Gasteiger partial charge in [0, 0.05) is 39.5 Å². The van der Waals surface area contributed by atoms with Crippen molar-refractivity contribution in [3.8, 4) is 22.3 Å². The molecule has 42 heavy (non-hydrogen) atoms. The van der Waals surface area contributed by atoms with E-state index < -0.39 is 0 Å². The Hall–Kier alpha value is -5.21. The van der Waals surface area contributed by atoms with Gasteiger partial charge in [-0.05, 0) is 81.6 Å². The van der Waals surface area contributed by atoms with Crippen LogP contribution in [0.1, 0.15) is 25.0 Å². The Balaban J connectivity index is 1.32. The van der Waals surface area contributed by atoms with Crippen LogP contribution >= 0.6 is 0 Å². The molecule has 1 aromatic heterocycles. The third-order valence-corrected chi connectivity index (χ3v) is 8.85. The number of aromatic nitrogens is 1. The van der Waals surface area contributed by atoms with Gasteiger partial charge in [-0.3, -0.25) is 4.98 Å². The summed E-state index contributed by atoms with van der Waals surface area (Å²) in [6.07, 6.45) is 1.99. The molecule has 0 saturated carbocycles. The molecule has 8 rings (SSSR count). The number of hydrogen-bond acceptors (Lipinski definition) is 2. The summed E-state index contributed by atoms with van der Waals surface area (Å²) in [5.74, 6) is 0. The third kappa shape index (κ3) is 3.83. The van der Waals surface area contributed by atoms with Crippen LogP contribution in [0.25, 0.3) is 43.9 Å². The van der Waals surface area contributed by atoms with E-state index >= 15 is 0 Å². The Morgan fingerprint density at radius 3 is 2.14 bits per heavy atom. The maximum atomic E-state index is 4.87. The quantitative estimate of drug-likeness (QED) is 0.222. The zero-order valence-corrected chi connectivity index (χ0v) is 23.8. The monoisotopic (exact) mass is 538 g/mol. The van der Waals surface area contributed by atoms with Crippen LogP contribution in [0.2, 0.25) is 0 Å². The van der Waals surface area contributed by atoms with Gasteiger partial charge in [0.15, 0.2) is 0 Å². The second kappa shape index (κ2) is 9.43. The Morgan fingerprint density at radius 1 is 0.524 bits per heavy atom. The number of para-hydroxylation sites is 1. The molecule has 2 nitrogen and oxygen atoms in total. The van der Waals surface area contributed by atoms with E-state index in [1.54, 1.807) is 0 Å². The van der Waals surface area contributed by atoms with Crippen LogP contribution in [0.5, 0.6) is 0 Å². The Kier molecular flexibility index (Phi) is 5.52. The molecule has 200 valence electrons. The number of fused-ring (bicyclic) bond motifs is 5. The van der Waals surface area contributed by atoms with Crippen LogP contribution in [0.3, 0.4) is 0 Å². The number of anilines is 3. The van der Waals surface area contributed by atoms with Gasteiger partial charge < -0.3 is 4.90 Å². The van der Waals surface area contributed by atoms with Crippen molar-refractivity contribution in [3.05, 3.63) is 157 Å². The van der Waals surface area contributed by atoms with Gasteiger partial charge in [-0.1, -0.05) is 105 Å². The average Bonchev–Trinajstić information content (AvgIpc) is 3.28. The topological polar surface area (TPSA) is 16.1 Å². The summed E-state index contributed by atoms with van der Waals surface area (Å²) in [6.45, 7) is 4.68. The summed E-state index contributed by atoms with van der Waals surface area (Å²) >= 11 is 0. The lowest BCUT2D eigenvalue weighted by atomic mass is 9.82. The molecule has 1 heterocycles. The lowest BCUT2D eigenvalue weighted by Crippen LogP contribution is -2.16. The van der Waals surface area contributed by atoms with E-state index in [0.717, 1.165) is 27.8 Å². The van der Waals surface area contributed by atoms with Crippen molar-refractivity contribution in [2.75, 3.05) is 4.90 Å². The van der Waals surface area contributed by atoms with E-state index in [9.17, 15) is 0 Å². The van der Waals surface area contributed by atoms with Gasteiger partial charge >= 0.3 is 0 Å². The maximum Gasteiger partial charge on any atom is 0.0703 e. The first-order chi connectivity index (χ1) is 20.6. The van der Waals surface area contributed by atoms with E-state index in [4.69, 9.17) is 4.98 Å². The average molecular weight is 539 g/mol. The first kappa shape index (κ1) is 24.6. The molecule has 7 aromatic rings. The van der Waals surface area contributed by atoms with Crippen LogP contribution in [-0.2, 0) is 5.41 Å². The summed E-state index contributed by atoms with van der Waals surface area (Å²) < 4.78 is 0. The van der Waals surface area contributed by atoms with Gasteiger partial charge in [0.25, 0.3) is 0 Å². The second-order valence-electron chi connectivity index (χ2n) is 11.7. The molecule has 0 spiro atoms. The van der Waals surface area contributed by atoms with Gasteiger partial charge in [-0.25, -0.2) is 0 Å².